The van der Waals surface area contributed by atoms with Crippen molar-refractivity contribution in [1.29, 1.82) is 0 Å². The molecule has 3 aromatic carbocycles. The van der Waals surface area contributed by atoms with Gasteiger partial charge in [0, 0.05) is 23.7 Å². The summed E-state index contributed by atoms with van der Waals surface area (Å²) in [7, 11) is 0. The van der Waals surface area contributed by atoms with E-state index < -0.39 is 12.8 Å². The molecule has 0 atom stereocenters. The molecule has 0 spiro atoms. The van der Waals surface area contributed by atoms with Crippen molar-refractivity contribution in [2.75, 3.05) is 13.2 Å². The van der Waals surface area contributed by atoms with Gasteiger partial charge < -0.3 is 15.0 Å². The minimum absolute atomic E-state index is 0.224. The number of rotatable bonds is 8. The molecular weight excluding hydrogens is 401 g/mol. The lowest BCUT2D eigenvalue weighted by Gasteiger charge is -2.10. The van der Waals surface area contributed by atoms with Crippen LogP contribution in [0.25, 0.3) is 22.0 Å². The fourth-order valence-electron chi connectivity index (χ4n) is 3.64. The summed E-state index contributed by atoms with van der Waals surface area (Å²) < 4.78 is 41.8. The molecule has 0 saturated carbocycles. The summed E-state index contributed by atoms with van der Waals surface area (Å²) in [5, 5.41) is 4.56. The molecule has 0 radical (unpaired) electrons. The van der Waals surface area contributed by atoms with Crippen molar-refractivity contribution in [2.24, 2.45) is 0 Å². The molecule has 0 bridgehead atoms. The number of benzene rings is 3. The summed E-state index contributed by atoms with van der Waals surface area (Å²) in [5.74, 6) is 0.224. The Labute approximate surface area is 178 Å². The molecule has 3 nitrogen and oxygen atoms in total. The fourth-order valence-corrected chi connectivity index (χ4v) is 3.64. The Hall–Kier alpha value is -3.25. The van der Waals surface area contributed by atoms with Crippen molar-refractivity contribution < 1.29 is 17.9 Å². The highest BCUT2D eigenvalue weighted by Crippen LogP contribution is 2.29. The Bertz CT molecular complexity index is 1140. The minimum atomic E-state index is -4.34. The summed E-state index contributed by atoms with van der Waals surface area (Å²) in [5.41, 5.74) is 5.57. The average Bonchev–Trinajstić information content (AvgIpc) is 3.19. The molecule has 0 aliphatic carbocycles. The van der Waals surface area contributed by atoms with E-state index in [-0.39, 0.29) is 5.75 Å². The van der Waals surface area contributed by atoms with Gasteiger partial charge in [0.15, 0.2) is 6.61 Å². The van der Waals surface area contributed by atoms with Crippen molar-refractivity contribution in [1.82, 2.24) is 10.3 Å². The summed E-state index contributed by atoms with van der Waals surface area (Å²) in [6, 6.07) is 23.3. The van der Waals surface area contributed by atoms with Crippen molar-refractivity contribution in [3.63, 3.8) is 0 Å². The highest BCUT2D eigenvalue weighted by Gasteiger charge is 2.28. The van der Waals surface area contributed by atoms with Gasteiger partial charge in [0.1, 0.15) is 5.75 Å². The molecule has 0 saturated heterocycles. The second-order valence-electron chi connectivity index (χ2n) is 7.39. The maximum Gasteiger partial charge on any atom is 0.422 e. The number of alkyl halides is 3. The smallest absolute Gasteiger partial charge is 0.422 e. The zero-order valence-electron chi connectivity index (χ0n) is 16.9. The molecule has 2 N–H and O–H groups in total. The first kappa shape index (κ1) is 21.0. The van der Waals surface area contributed by atoms with Crippen LogP contribution in [0.15, 0.2) is 79.0 Å². The van der Waals surface area contributed by atoms with Crippen LogP contribution in [0.5, 0.6) is 5.75 Å². The lowest BCUT2D eigenvalue weighted by Crippen LogP contribution is -2.19. The number of aromatic nitrogens is 1. The van der Waals surface area contributed by atoms with Crippen molar-refractivity contribution in [3.05, 3.63) is 90.1 Å². The second kappa shape index (κ2) is 9.27. The number of nitrogens with one attached hydrogen (secondary N) is 2. The van der Waals surface area contributed by atoms with E-state index in [2.05, 4.69) is 40.6 Å². The Morgan fingerprint density at radius 2 is 1.71 bits per heavy atom. The lowest BCUT2D eigenvalue weighted by molar-refractivity contribution is -0.153. The minimum Gasteiger partial charge on any atom is -0.484 e. The van der Waals surface area contributed by atoms with E-state index >= 15 is 0 Å². The first-order valence-corrected chi connectivity index (χ1v) is 10.1. The topological polar surface area (TPSA) is 37.0 Å². The molecular formula is C25H23F3N2O. The predicted molar refractivity (Wildman–Crippen MR) is 117 cm³/mol. The standard InChI is InChI=1S/C25H23F3N2O/c26-25(27,28)17-31-21-9-4-6-18(14-21)15-29-13-12-20-16-30-24-22(10-5-11-23(20)24)19-7-2-1-3-8-19/h1-11,14,16,29-30H,12-13,15,17H2. The van der Waals surface area contributed by atoms with Gasteiger partial charge in [0.2, 0.25) is 0 Å². The summed E-state index contributed by atoms with van der Waals surface area (Å²) in [6.07, 6.45) is -1.46. The maximum atomic E-state index is 12.3. The number of halogens is 3. The molecule has 4 rings (SSSR count). The Morgan fingerprint density at radius 1 is 0.903 bits per heavy atom. The summed E-state index contributed by atoms with van der Waals surface area (Å²) in [4.78, 5) is 3.41. The van der Waals surface area contributed by atoms with E-state index in [1.807, 2.05) is 30.5 Å². The first-order valence-electron chi connectivity index (χ1n) is 10.1. The molecule has 1 heterocycles. The third-order valence-corrected chi connectivity index (χ3v) is 5.09. The molecule has 6 heteroatoms. The SMILES string of the molecule is FC(F)(F)COc1cccc(CNCCc2c[nH]c3c(-c4ccccc4)cccc23)c1. The van der Waals surface area contributed by atoms with Crippen molar-refractivity contribution >= 4 is 10.9 Å². The zero-order valence-corrected chi connectivity index (χ0v) is 16.9. The molecule has 1 aromatic heterocycles. The van der Waals surface area contributed by atoms with Crippen LogP contribution in [-0.2, 0) is 13.0 Å². The first-order chi connectivity index (χ1) is 15.0. The van der Waals surface area contributed by atoms with E-state index in [1.54, 1.807) is 12.1 Å². The highest BCUT2D eigenvalue weighted by molar-refractivity contribution is 5.96. The van der Waals surface area contributed by atoms with Gasteiger partial charge in [-0.3, -0.25) is 0 Å². The monoisotopic (exact) mass is 424 g/mol. The van der Waals surface area contributed by atoms with Crippen LogP contribution >= 0.6 is 0 Å². The van der Waals surface area contributed by atoms with Gasteiger partial charge in [0.05, 0.1) is 5.52 Å². The third-order valence-electron chi connectivity index (χ3n) is 5.09. The van der Waals surface area contributed by atoms with E-state index in [0.717, 1.165) is 24.0 Å². The van der Waals surface area contributed by atoms with Gasteiger partial charge >= 0.3 is 6.18 Å². The predicted octanol–water partition coefficient (Wildman–Crippen LogP) is 6.11. The lowest BCUT2D eigenvalue weighted by atomic mass is 10.0. The number of fused-ring (bicyclic) bond motifs is 1. The Balaban J connectivity index is 1.36. The van der Waals surface area contributed by atoms with Gasteiger partial charge in [0.25, 0.3) is 0 Å². The number of ether oxygens (including phenoxy) is 1. The molecule has 0 aliphatic rings. The number of hydrogen-bond donors (Lipinski definition) is 2. The summed E-state index contributed by atoms with van der Waals surface area (Å²) in [6.45, 7) is 0.0202. The van der Waals surface area contributed by atoms with Crippen molar-refractivity contribution in [3.8, 4) is 16.9 Å². The molecule has 0 aliphatic heterocycles. The second-order valence-corrected chi connectivity index (χ2v) is 7.39. The van der Waals surface area contributed by atoms with Gasteiger partial charge in [-0.15, -0.1) is 0 Å². The van der Waals surface area contributed by atoms with Crippen molar-refractivity contribution in [2.45, 2.75) is 19.1 Å². The Kier molecular flexibility index (Phi) is 6.28. The van der Waals surface area contributed by atoms with Gasteiger partial charge in [-0.05, 0) is 41.8 Å². The molecule has 0 fully saturated rings. The fraction of sp³-hybridized carbons (Fsp3) is 0.200. The van der Waals surface area contributed by atoms with Crippen LogP contribution in [0.1, 0.15) is 11.1 Å². The number of aromatic amines is 1. The van der Waals surface area contributed by atoms with Crippen LogP contribution in [0.2, 0.25) is 0 Å². The van der Waals surface area contributed by atoms with E-state index in [9.17, 15) is 13.2 Å². The zero-order chi connectivity index (χ0) is 21.7. The van der Waals surface area contributed by atoms with E-state index in [1.165, 1.54) is 28.1 Å². The number of hydrogen-bond acceptors (Lipinski definition) is 2. The third kappa shape index (κ3) is 5.47. The van der Waals surface area contributed by atoms with Gasteiger partial charge in [-0.1, -0.05) is 60.7 Å². The molecule has 160 valence electrons. The van der Waals surface area contributed by atoms with Crippen LogP contribution in [0.3, 0.4) is 0 Å². The molecule has 4 aromatic rings. The van der Waals surface area contributed by atoms with Crippen LogP contribution in [0.4, 0.5) is 13.2 Å². The van der Waals surface area contributed by atoms with E-state index in [4.69, 9.17) is 4.74 Å². The number of para-hydroxylation sites is 1. The van der Waals surface area contributed by atoms with Gasteiger partial charge in [-0.25, -0.2) is 0 Å². The van der Waals surface area contributed by atoms with E-state index in [0.29, 0.717) is 6.54 Å². The largest absolute Gasteiger partial charge is 0.484 e. The summed E-state index contributed by atoms with van der Waals surface area (Å²) >= 11 is 0. The van der Waals surface area contributed by atoms with Crippen LogP contribution in [0, 0.1) is 0 Å². The number of H-pyrrole nitrogens is 1. The highest BCUT2D eigenvalue weighted by atomic mass is 19.4. The average molecular weight is 424 g/mol. The Morgan fingerprint density at radius 3 is 2.52 bits per heavy atom. The van der Waals surface area contributed by atoms with Crippen LogP contribution < -0.4 is 10.1 Å². The molecule has 0 amide bonds. The molecule has 31 heavy (non-hydrogen) atoms. The van der Waals surface area contributed by atoms with Crippen LogP contribution in [-0.4, -0.2) is 24.3 Å². The quantitative estimate of drug-likeness (QED) is 0.335. The van der Waals surface area contributed by atoms with Gasteiger partial charge in [-0.2, -0.15) is 13.2 Å². The normalized spacial score (nSPS) is 11.7. The molecule has 0 unspecified atom stereocenters. The maximum absolute atomic E-state index is 12.3.